The van der Waals surface area contributed by atoms with Crippen LogP contribution in [0.25, 0.3) is 11.1 Å². The molecule has 5 saturated heterocycles. The van der Waals surface area contributed by atoms with Crippen molar-refractivity contribution in [1.29, 1.82) is 10.5 Å². The van der Waals surface area contributed by atoms with Gasteiger partial charge in [-0.15, -0.1) is 11.8 Å². The number of methoxy groups -OCH3 is 2. The number of nitrogens with zero attached hydrogens (tertiary/aromatic N) is 6. The first kappa shape index (κ1) is 74.9. The lowest BCUT2D eigenvalue weighted by atomic mass is 9.64. The summed E-state index contributed by atoms with van der Waals surface area (Å²) in [4.78, 5) is 77.0. The number of likely N-dealkylation sites (N-methyl/N-ethyl adjacent to an activating group) is 2. The van der Waals surface area contributed by atoms with Gasteiger partial charge in [0.2, 0.25) is 13.6 Å². The number of hydrogen-bond acceptors (Lipinski definition) is 24. The van der Waals surface area contributed by atoms with Crippen LogP contribution in [0, 0.1) is 64.2 Å². The van der Waals surface area contributed by atoms with Crippen molar-refractivity contribution in [3.05, 3.63) is 187 Å². The summed E-state index contributed by atoms with van der Waals surface area (Å²) in [6.07, 6.45) is 2.60. The molecule has 0 spiro atoms. The number of thioether (sulfide) groups is 2. The zero-order valence-corrected chi connectivity index (χ0v) is 64.6. The molecule has 5 fully saturated rings. The van der Waals surface area contributed by atoms with Crippen LogP contribution in [-0.2, 0) is 55.6 Å². The third-order valence-corrected chi connectivity index (χ3v) is 26.9. The predicted molar refractivity (Wildman–Crippen MR) is 406 cm³/mol. The van der Waals surface area contributed by atoms with Gasteiger partial charge in [-0.1, -0.05) is 86.0 Å². The smallest absolute Gasteiger partial charge is 0.408 e. The molecule has 6 bridgehead atoms. The Morgan fingerprint density at radius 2 is 1.29 bits per heavy atom. The number of esters is 2. The Morgan fingerprint density at radius 3 is 1.92 bits per heavy atom. The molecule has 3 N–H and O–H groups in total. The average molecular weight is 1520 g/mol. The van der Waals surface area contributed by atoms with Crippen molar-refractivity contribution in [2.45, 2.75) is 157 Å². The number of alkyl carbamates (subject to hydrolysis) is 2. The Labute approximate surface area is 642 Å². The minimum absolute atomic E-state index is 0.0218. The van der Waals surface area contributed by atoms with Crippen molar-refractivity contribution in [3.63, 3.8) is 0 Å². The highest BCUT2D eigenvalue weighted by Crippen LogP contribution is 2.63. The van der Waals surface area contributed by atoms with E-state index in [1.54, 1.807) is 32.9 Å². The maximum absolute atomic E-state index is 14.5. The Bertz CT molecular complexity index is 4750. The molecular weight excluding hydrogens is 1430 g/mol. The monoisotopic (exact) mass is 1520 g/mol. The number of nitrogens with one attached hydrogen (secondary N) is 2. The van der Waals surface area contributed by atoms with Crippen LogP contribution in [0.15, 0.2) is 109 Å². The molecule has 17 rings (SSSR count). The second-order valence-electron chi connectivity index (χ2n) is 29.8. The molecule has 10 heterocycles. The lowest BCUT2D eigenvalue weighted by Gasteiger charge is -2.62. The molecule has 2 amide bonds. The first-order chi connectivity index (χ1) is 52.5. The molecule has 26 heteroatoms. The number of benzene rings is 5. The van der Waals surface area contributed by atoms with E-state index in [9.17, 15) is 39.6 Å². The number of carbonyl (C=O) groups excluding carboxylic acids is 5. The van der Waals surface area contributed by atoms with E-state index in [0.29, 0.717) is 30.1 Å². The SMILES string of the molecule is C=CCOC(=O)NC(CSCC1c2ccccc2-c2ccccc21)C(=O)OC[C@H]1C2=C3OCOC3=C(C)C(=O)C2(O)CC2[C@H]3c4c(cc(C)c(OC)c4C)C[C@@H]([C@H](C#N)N21)N3C.C=CCOC(=O)NC1CS[C@@H]2c3c(C)c(C)c4c(c3[C@H](COC1=O)N1C2[C@H]2c3c(cc(C)c(OC)c3C)C[C@@H]([C@@H]1C#N)N2C)OCO4. The number of carbonyl (C=O) groups is 5. The van der Waals surface area contributed by atoms with E-state index in [1.807, 2.05) is 57.0 Å². The normalized spacial score (nSPS) is 27.5. The number of ketones is 1. The van der Waals surface area contributed by atoms with Crippen LogP contribution in [-0.4, -0.2) is 200 Å². The van der Waals surface area contributed by atoms with E-state index < -0.39 is 77.8 Å². The molecule has 0 saturated carbocycles. The number of aryl methyl sites for hydroxylation is 2. The summed E-state index contributed by atoms with van der Waals surface area (Å²) >= 11 is 3.10. The predicted octanol–water partition coefficient (Wildman–Crippen LogP) is 10.3. The molecule has 12 aliphatic rings. The van der Waals surface area contributed by atoms with Gasteiger partial charge in [0.1, 0.15) is 62.1 Å². The first-order valence-electron chi connectivity index (χ1n) is 36.9. The van der Waals surface area contributed by atoms with Crippen molar-refractivity contribution < 1.29 is 76.4 Å². The Balaban J connectivity index is 0.000000180. The molecule has 0 aromatic heterocycles. The topological polar surface area (TPSA) is 282 Å². The molecule has 5 aromatic rings. The van der Waals surface area contributed by atoms with Crippen LogP contribution in [0.5, 0.6) is 23.0 Å². The number of aliphatic hydroxyl groups is 1. The molecular formula is C83H90N8O16S2. The summed E-state index contributed by atoms with van der Waals surface area (Å²) < 4.78 is 58.6. The number of hydrogen-bond donors (Lipinski definition) is 3. The Morgan fingerprint density at radius 1 is 0.716 bits per heavy atom. The van der Waals surface area contributed by atoms with Crippen LogP contribution in [0.4, 0.5) is 9.59 Å². The van der Waals surface area contributed by atoms with Crippen LogP contribution < -0.4 is 29.6 Å². The van der Waals surface area contributed by atoms with E-state index in [1.165, 1.54) is 57.3 Å². The van der Waals surface area contributed by atoms with Gasteiger partial charge in [-0.25, -0.2) is 19.2 Å². The van der Waals surface area contributed by atoms with E-state index >= 15 is 0 Å². The number of fused-ring (bicyclic) bond motifs is 21. The highest BCUT2D eigenvalue weighted by Gasteiger charge is 2.65. The summed E-state index contributed by atoms with van der Waals surface area (Å²) in [6.45, 7) is 20.7. The fourth-order valence-corrected chi connectivity index (χ4v) is 22.6. The fraction of sp³-hybridized carbons (Fsp3) is 0.458. The van der Waals surface area contributed by atoms with Crippen molar-refractivity contribution >= 4 is 53.4 Å². The summed E-state index contributed by atoms with van der Waals surface area (Å²) in [5.74, 6) is 2.69. The molecule has 14 atom stereocenters. The number of rotatable bonds is 15. The molecule has 5 aromatic carbocycles. The van der Waals surface area contributed by atoms with E-state index in [-0.39, 0.29) is 122 Å². The molecule has 570 valence electrons. The van der Waals surface area contributed by atoms with Crippen molar-refractivity contribution in [2.24, 2.45) is 0 Å². The van der Waals surface area contributed by atoms with Gasteiger partial charge in [-0.2, -0.15) is 22.3 Å². The zero-order valence-electron chi connectivity index (χ0n) is 63.0. The van der Waals surface area contributed by atoms with E-state index in [4.69, 9.17) is 47.4 Å². The van der Waals surface area contributed by atoms with Crippen molar-refractivity contribution in [2.75, 3.05) is 85.6 Å². The van der Waals surface area contributed by atoms with Crippen molar-refractivity contribution in [1.82, 2.24) is 30.2 Å². The molecule has 0 radical (unpaired) electrons. The number of Topliss-reactive ketones (excluding diaryl/α,β-unsaturated/α-hetero) is 1. The zero-order chi connectivity index (χ0) is 76.9. The van der Waals surface area contributed by atoms with E-state index in [0.717, 1.165) is 67.1 Å². The van der Waals surface area contributed by atoms with Crippen molar-refractivity contribution in [3.8, 4) is 46.3 Å². The Hall–Kier alpha value is -9.51. The Kier molecular flexibility index (Phi) is 20.4. The molecule has 10 aliphatic heterocycles. The first-order valence-corrected chi connectivity index (χ1v) is 39.1. The van der Waals surface area contributed by atoms with Crippen LogP contribution in [0.1, 0.15) is 121 Å². The third-order valence-electron chi connectivity index (χ3n) is 24.4. The van der Waals surface area contributed by atoms with Gasteiger partial charge in [0.15, 0.2) is 34.4 Å². The number of nitriles is 2. The molecule has 2 aliphatic carbocycles. The summed E-state index contributed by atoms with van der Waals surface area (Å²) in [7, 11) is 7.47. The quantitative estimate of drug-likeness (QED) is 0.0499. The molecule has 24 nitrogen and oxygen atoms in total. The van der Waals surface area contributed by atoms with E-state index in [2.05, 4.69) is 115 Å². The van der Waals surface area contributed by atoms with Gasteiger partial charge in [0.25, 0.3) is 0 Å². The van der Waals surface area contributed by atoms with Gasteiger partial charge in [0, 0.05) is 75.7 Å². The maximum Gasteiger partial charge on any atom is 0.408 e. The minimum Gasteiger partial charge on any atom is -0.496 e. The largest absolute Gasteiger partial charge is 0.496 e. The lowest BCUT2D eigenvalue weighted by Crippen LogP contribution is -2.74. The maximum atomic E-state index is 14.5. The number of ether oxygens (including phenoxy) is 10. The number of amides is 2. The van der Waals surface area contributed by atoms with Gasteiger partial charge in [-0.05, 0) is 159 Å². The van der Waals surface area contributed by atoms with Crippen LogP contribution in [0.3, 0.4) is 0 Å². The standard InChI is InChI=1S/C48H50N4O9S.C35H40N4O7S/c1-7-16-58-47(55)50-34(23-62-22-33-31-14-10-8-12-29(31)30-13-9-11-15-32(30)33)46(54)59-21-38-40-44-43(60-24-61-44)27(4)45(53)48(40,56)19-36-41-39-26(3)42(57-6)25(2)17-28(39)18-35(51(41)5)37(20-49)52(36)38;1-8-9-43-35(41)37-21-14-47-33-26-17(3)18(4)31-32(46-15-45-31)27(26)24(13-44-34(21)40)39-23(12-36)22-11-20-10-16(2)30(42-7)19(5)25(20)28(29(33)39)38(22)6/h7-15,17,33-38,41,56H,1,16,18-19,21-24H2,2-6H3,(H,50,55);8,10,21-24,28-29,33H,1,9,11,13-15H2,2-7H3,(H,37,41)/t34?,35-,36?,37-,38-,41-,48?;21?,22-,23-,24-,28+,29?,33+/m00/s1. The fourth-order valence-electron chi connectivity index (χ4n) is 19.8. The second-order valence-corrected chi connectivity index (χ2v) is 32.1. The lowest BCUT2D eigenvalue weighted by molar-refractivity contribution is -0.159. The summed E-state index contributed by atoms with van der Waals surface area (Å²) in [5, 5.41) is 40.1. The van der Waals surface area contributed by atoms with Crippen LogP contribution >= 0.6 is 23.5 Å². The molecule has 109 heavy (non-hydrogen) atoms. The van der Waals surface area contributed by atoms with Crippen LogP contribution in [0.2, 0.25) is 0 Å². The summed E-state index contributed by atoms with van der Waals surface area (Å²) in [5.41, 5.74) is 15.9. The van der Waals surface area contributed by atoms with Gasteiger partial charge >= 0.3 is 24.1 Å². The van der Waals surface area contributed by atoms with Gasteiger partial charge in [-0.3, -0.25) is 24.4 Å². The average Bonchev–Trinajstić information content (AvgIpc) is 1.39. The highest BCUT2D eigenvalue weighted by atomic mass is 32.2. The molecule has 5 unspecified atom stereocenters. The van der Waals surface area contributed by atoms with Gasteiger partial charge in [0.05, 0.1) is 50.5 Å². The number of piperazine rings is 2. The third kappa shape index (κ3) is 12.2. The summed E-state index contributed by atoms with van der Waals surface area (Å²) in [6, 6.07) is 19.8. The van der Waals surface area contributed by atoms with Gasteiger partial charge < -0.3 is 63.1 Å². The minimum atomic E-state index is -2.07. The number of piperidine rings is 1. The highest BCUT2D eigenvalue weighted by molar-refractivity contribution is 7.99. The second kappa shape index (κ2) is 29.7.